The van der Waals surface area contributed by atoms with Crippen molar-refractivity contribution in [3.63, 3.8) is 0 Å². The minimum Gasteiger partial charge on any atom is -0.327 e. The SMILES string of the molecule is CCn1c(Cn2ccnc2-c2c(F)ccc(C)c2F)nc2cnccc21. The molecule has 0 bridgehead atoms. The van der Waals surface area contributed by atoms with Crippen molar-refractivity contribution in [3.05, 3.63) is 66.0 Å². The molecule has 7 heteroatoms. The van der Waals surface area contributed by atoms with E-state index in [1.165, 1.54) is 18.3 Å². The third-order valence-electron chi connectivity index (χ3n) is 4.48. The van der Waals surface area contributed by atoms with Gasteiger partial charge in [-0.2, -0.15) is 0 Å². The number of halogens is 2. The van der Waals surface area contributed by atoms with Crippen molar-refractivity contribution in [2.75, 3.05) is 0 Å². The monoisotopic (exact) mass is 353 g/mol. The highest BCUT2D eigenvalue weighted by molar-refractivity contribution is 5.74. The highest BCUT2D eigenvalue weighted by Gasteiger charge is 2.19. The summed E-state index contributed by atoms with van der Waals surface area (Å²) in [6, 6.07) is 4.59. The number of imidazole rings is 2. The predicted molar refractivity (Wildman–Crippen MR) is 94.6 cm³/mol. The molecule has 0 amide bonds. The number of hydrogen-bond donors (Lipinski definition) is 0. The lowest BCUT2D eigenvalue weighted by atomic mass is 10.1. The maximum atomic E-state index is 14.5. The maximum Gasteiger partial charge on any atom is 0.146 e. The van der Waals surface area contributed by atoms with Gasteiger partial charge in [0.1, 0.15) is 28.8 Å². The fourth-order valence-corrected chi connectivity index (χ4v) is 3.18. The van der Waals surface area contributed by atoms with E-state index in [1.54, 1.807) is 30.1 Å². The molecule has 0 saturated heterocycles. The normalized spacial score (nSPS) is 11.4. The number of rotatable bonds is 4. The summed E-state index contributed by atoms with van der Waals surface area (Å²) in [5, 5.41) is 0. The Labute approximate surface area is 149 Å². The first-order valence-corrected chi connectivity index (χ1v) is 8.35. The van der Waals surface area contributed by atoms with Crippen molar-refractivity contribution in [2.45, 2.75) is 26.9 Å². The molecule has 4 aromatic rings. The Balaban J connectivity index is 1.82. The zero-order valence-corrected chi connectivity index (χ0v) is 14.4. The summed E-state index contributed by atoms with van der Waals surface area (Å²) in [7, 11) is 0. The molecule has 0 radical (unpaired) electrons. The summed E-state index contributed by atoms with van der Waals surface area (Å²) in [5.74, 6) is -0.195. The number of pyridine rings is 1. The van der Waals surface area contributed by atoms with Crippen LogP contribution >= 0.6 is 0 Å². The average molecular weight is 353 g/mol. The molecule has 1 aromatic carbocycles. The molecular formula is C19H17F2N5. The lowest BCUT2D eigenvalue weighted by Gasteiger charge is -2.12. The van der Waals surface area contributed by atoms with Crippen LogP contribution in [-0.4, -0.2) is 24.1 Å². The molecule has 0 fully saturated rings. The van der Waals surface area contributed by atoms with Gasteiger partial charge in [-0.25, -0.2) is 18.7 Å². The summed E-state index contributed by atoms with van der Waals surface area (Å²) < 4.78 is 32.6. The molecule has 26 heavy (non-hydrogen) atoms. The first-order chi connectivity index (χ1) is 12.6. The summed E-state index contributed by atoms with van der Waals surface area (Å²) >= 11 is 0. The quantitative estimate of drug-likeness (QED) is 0.558. The predicted octanol–water partition coefficient (Wildman–Crippen LogP) is 3.95. The van der Waals surface area contributed by atoms with Crippen LogP contribution < -0.4 is 0 Å². The van der Waals surface area contributed by atoms with E-state index in [0.717, 1.165) is 23.4 Å². The van der Waals surface area contributed by atoms with Crippen LogP contribution in [0.15, 0.2) is 43.0 Å². The average Bonchev–Trinajstić information content (AvgIpc) is 3.23. The summed E-state index contributed by atoms with van der Waals surface area (Å²) in [4.78, 5) is 12.9. The topological polar surface area (TPSA) is 48.5 Å². The number of benzene rings is 1. The molecule has 0 aliphatic rings. The maximum absolute atomic E-state index is 14.5. The second-order valence-electron chi connectivity index (χ2n) is 6.07. The molecular weight excluding hydrogens is 336 g/mol. The summed E-state index contributed by atoms with van der Waals surface area (Å²) in [5.41, 5.74) is 2.03. The summed E-state index contributed by atoms with van der Waals surface area (Å²) in [6.07, 6.45) is 6.67. The van der Waals surface area contributed by atoms with Crippen LogP contribution in [0.2, 0.25) is 0 Å². The number of aromatic nitrogens is 5. The van der Waals surface area contributed by atoms with Gasteiger partial charge in [-0.3, -0.25) is 4.98 Å². The number of hydrogen-bond acceptors (Lipinski definition) is 3. The second-order valence-corrected chi connectivity index (χ2v) is 6.07. The van der Waals surface area contributed by atoms with Gasteiger partial charge in [0, 0.05) is 25.1 Å². The van der Waals surface area contributed by atoms with E-state index < -0.39 is 11.6 Å². The van der Waals surface area contributed by atoms with Crippen molar-refractivity contribution >= 4 is 11.0 Å². The highest BCUT2D eigenvalue weighted by atomic mass is 19.1. The standard InChI is InChI=1S/C19H17F2N5/c1-3-26-15-6-7-22-10-14(15)24-16(26)11-25-9-8-23-19(25)17-13(20)5-4-12(2)18(17)21/h4-10H,3,11H2,1-2H3. The van der Waals surface area contributed by atoms with Crippen molar-refractivity contribution in [1.82, 2.24) is 24.1 Å². The van der Waals surface area contributed by atoms with Crippen LogP contribution in [0.4, 0.5) is 8.78 Å². The Bertz CT molecular complexity index is 1100. The van der Waals surface area contributed by atoms with Crippen molar-refractivity contribution in [2.24, 2.45) is 0 Å². The molecule has 0 N–H and O–H groups in total. The Hall–Kier alpha value is -3.09. The first-order valence-electron chi connectivity index (χ1n) is 8.35. The zero-order chi connectivity index (χ0) is 18.3. The van der Waals surface area contributed by atoms with Crippen molar-refractivity contribution in [3.8, 4) is 11.4 Å². The van der Waals surface area contributed by atoms with E-state index in [2.05, 4.69) is 19.5 Å². The van der Waals surface area contributed by atoms with Crippen LogP contribution in [0.5, 0.6) is 0 Å². The lowest BCUT2D eigenvalue weighted by molar-refractivity contribution is 0.577. The number of nitrogens with zero attached hydrogens (tertiary/aromatic N) is 5. The lowest BCUT2D eigenvalue weighted by Crippen LogP contribution is -2.09. The molecule has 5 nitrogen and oxygen atoms in total. The van der Waals surface area contributed by atoms with Gasteiger partial charge in [0.05, 0.1) is 23.8 Å². The minimum absolute atomic E-state index is 0.115. The van der Waals surface area contributed by atoms with Gasteiger partial charge in [0.2, 0.25) is 0 Å². The molecule has 0 aliphatic heterocycles. The van der Waals surface area contributed by atoms with E-state index in [1.807, 2.05) is 13.0 Å². The van der Waals surface area contributed by atoms with Crippen LogP contribution in [0.3, 0.4) is 0 Å². The van der Waals surface area contributed by atoms with E-state index in [-0.39, 0.29) is 11.4 Å². The largest absolute Gasteiger partial charge is 0.327 e. The number of aryl methyl sites for hydroxylation is 2. The third-order valence-corrected chi connectivity index (χ3v) is 4.48. The molecule has 0 atom stereocenters. The Morgan fingerprint density at radius 1 is 1.12 bits per heavy atom. The minimum atomic E-state index is -0.631. The van der Waals surface area contributed by atoms with Crippen molar-refractivity contribution < 1.29 is 8.78 Å². The van der Waals surface area contributed by atoms with Gasteiger partial charge in [-0.1, -0.05) is 6.07 Å². The Morgan fingerprint density at radius 2 is 1.96 bits per heavy atom. The van der Waals surface area contributed by atoms with Crippen LogP contribution in [-0.2, 0) is 13.1 Å². The molecule has 0 unspecified atom stereocenters. The smallest absolute Gasteiger partial charge is 0.146 e. The Kier molecular flexibility index (Phi) is 3.99. The molecule has 0 spiro atoms. The van der Waals surface area contributed by atoms with Crippen LogP contribution in [0, 0.1) is 18.6 Å². The molecule has 4 rings (SSSR count). The molecule has 0 aliphatic carbocycles. The molecule has 132 valence electrons. The van der Waals surface area contributed by atoms with Gasteiger partial charge in [-0.05, 0) is 31.5 Å². The molecule has 0 saturated carbocycles. The van der Waals surface area contributed by atoms with Crippen LogP contribution in [0.1, 0.15) is 18.3 Å². The van der Waals surface area contributed by atoms with E-state index in [0.29, 0.717) is 12.1 Å². The van der Waals surface area contributed by atoms with Gasteiger partial charge in [0.15, 0.2) is 0 Å². The van der Waals surface area contributed by atoms with E-state index in [9.17, 15) is 8.78 Å². The van der Waals surface area contributed by atoms with Crippen LogP contribution in [0.25, 0.3) is 22.4 Å². The molecule has 3 aromatic heterocycles. The molecule has 3 heterocycles. The van der Waals surface area contributed by atoms with Gasteiger partial charge < -0.3 is 9.13 Å². The van der Waals surface area contributed by atoms with Gasteiger partial charge in [0.25, 0.3) is 0 Å². The van der Waals surface area contributed by atoms with Gasteiger partial charge in [-0.15, -0.1) is 0 Å². The summed E-state index contributed by atoms with van der Waals surface area (Å²) in [6.45, 7) is 4.71. The zero-order valence-electron chi connectivity index (χ0n) is 14.4. The van der Waals surface area contributed by atoms with Crippen molar-refractivity contribution in [1.29, 1.82) is 0 Å². The Morgan fingerprint density at radius 3 is 2.77 bits per heavy atom. The third kappa shape index (κ3) is 2.56. The fourth-order valence-electron chi connectivity index (χ4n) is 3.18. The second kappa shape index (κ2) is 6.33. The highest BCUT2D eigenvalue weighted by Crippen LogP contribution is 2.27. The fraction of sp³-hybridized carbons (Fsp3) is 0.211. The van der Waals surface area contributed by atoms with E-state index >= 15 is 0 Å². The van der Waals surface area contributed by atoms with E-state index in [4.69, 9.17) is 0 Å². The first kappa shape index (κ1) is 16.4. The number of fused-ring (bicyclic) bond motifs is 1. The van der Waals surface area contributed by atoms with Gasteiger partial charge >= 0.3 is 0 Å².